The molecule has 2 rings (SSSR count). The lowest BCUT2D eigenvalue weighted by Crippen LogP contribution is -2.45. The van der Waals surface area contributed by atoms with Gasteiger partial charge in [0.1, 0.15) is 0 Å². The number of hydrogen-bond acceptors (Lipinski definition) is 2. The number of likely N-dealkylation sites (tertiary alicyclic amines) is 1. The molecule has 2 nitrogen and oxygen atoms in total. The Bertz CT molecular complexity index is 326. The maximum absolute atomic E-state index is 6.10. The monoisotopic (exact) mass is 254 g/mol. The Morgan fingerprint density at radius 2 is 1.88 bits per heavy atom. The summed E-state index contributed by atoms with van der Waals surface area (Å²) in [7, 11) is 0. The summed E-state index contributed by atoms with van der Waals surface area (Å²) in [5.41, 5.74) is 7.51. The van der Waals surface area contributed by atoms with E-state index in [4.69, 9.17) is 5.73 Å². The van der Waals surface area contributed by atoms with E-state index in [1.807, 2.05) is 0 Å². The summed E-state index contributed by atoms with van der Waals surface area (Å²) in [5, 5.41) is 0. The molecule has 17 heavy (non-hydrogen) atoms. The lowest BCUT2D eigenvalue weighted by molar-refractivity contribution is 0.101. The smallest absolute Gasteiger partial charge is 0.0365 e. The van der Waals surface area contributed by atoms with Crippen LogP contribution in [0.25, 0.3) is 0 Å². The molecule has 0 amide bonds. The third-order valence-corrected chi connectivity index (χ3v) is 3.53. The van der Waals surface area contributed by atoms with Crippen LogP contribution in [0, 0.1) is 0 Å². The molecular formula is C14H23ClN2. The second-order valence-corrected chi connectivity index (χ2v) is 5.04. The van der Waals surface area contributed by atoms with Crippen molar-refractivity contribution in [1.82, 2.24) is 4.90 Å². The van der Waals surface area contributed by atoms with Crippen molar-refractivity contribution in [3.63, 3.8) is 0 Å². The second-order valence-electron chi connectivity index (χ2n) is 5.04. The van der Waals surface area contributed by atoms with Crippen LogP contribution in [0.3, 0.4) is 0 Å². The van der Waals surface area contributed by atoms with Gasteiger partial charge >= 0.3 is 0 Å². The fourth-order valence-electron chi connectivity index (χ4n) is 2.63. The van der Waals surface area contributed by atoms with Gasteiger partial charge in [0.15, 0.2) is 0 Å². The molecule has 0 radical (unpaired) electrons. The number of rotatable bonds is 2. The van der Waals surface area contributed by atoms with E-state index < -0.39 is 0 Å². The Labute approximate surface area is 111 Å². The Kier molecular flexibility index (Phi) is 5.44. The third-order valence-electron chi connectivity index (χ3n) is 3.53. The average Bonchev–Trinajstić information content (AvgIpc) is 2.29. The zero-order valence-corrected chi connectivity index (χ0v) is 11.5. The van der Waals surface area contributed by atoms with Crippen molar-refractivity contribution >= 4 is 12.4 Å². The van der Waals surface area contributed by atoms with Crippen molar-refractivity contribution in [2.75, 3.05) is 6.54 Å². The summed E-state index contributed by atoms with van der Waals surface area (Å²) >= 11 is 0. The minimum Gasteiger partial charge on any atom is -0.328 e. The summed E-state index contributed by atoms with van der Waals surface area (Å²) in [5.74, 6) is 0. The van der Waals surface area contributed by atoms with E-state index in [0.717, 1.165) is 19.4 Å². The number of hydrogen-bond donors (Lipinski definition) is 1. The Morgan fingerprint density at radius 3 is 2.47 bits per heavy atom. The number of nitrogens with two attached hydrogens (primary N) is 1. The third kappa shape index (κ3) is 3.44. The lowest BCUT2D eigenvalue weighted by Gasteiger charge is -2.41. The van der Waals surface area contributed by atoms with Crippen LogP contribution >= 0.6 is 12.4 Å². The van der Waals surface area contributed by atoms with E-state index in [1.165, 1.54) is 5.56 Å². The van der Waals surface area contributed by atoms with Crippen molar-refractivity contribution in [3.8, 4) is 0 Å². The van der Waals surface area contributed by atoms with E-state index in [2.05, 4.69) is 49.1 Å². The minimum absolute atomic E-state index is 0. The molecule has 2 unspecified atom stereocenters. The zero-order chi connectivity index (χ0) is 11.5. The van der Waals surface area contributed by atoms with E-state index in [-0.39, 0.29) is 12.4 Å². The Balaban J connectivity index is 0.00000144. The summed E-state index contributed by atoms with van der Waals surface area (Å²) < 4.78 is 0. The molecule has 0 aliphatic carbocycles. The van der Waals surface area contributed by atoms with Crippen LogP contribution in [-0.4, -0.2) is 23.5 Å². The van der Waals surface area contributed by atoms with Gasteiger partial charge < -0.3 is 5.73 Å². The number of nitrogens with zero attached hydrogens (tertiary/aromatic N) is 1. The van der Waals surface area contributed by atoms with Gasteiger partial charge in [0.2, 0.25) is 0 Å². The molecule has 2 atom stereocenters. The van der Waals surface area contributed by atoms with Gasteiger partial charge in [-0.2, -0.15) is 0 Å². The molecule has 1 aliphatic rings. The standard InChI is InChI=1S/C14H22N2.ClH/c1-11(2)16-9-8-13(15)10-14(16)12-6-4-3-5-7-12;/h3-7,11,13-14H,8-10,15H2,1-2H3;1H. The average molecular weight is 255 g/mol. The van der Waals surface area contributed by atoms with Crippen LogP contribution in [0.4, 0.5) is 0 Å². The van der Waals surface area contributed by atoms with Crippen LogP contribution in [-0.2, 0) is 0 Å². The molecule has 3 heteroatoms. The molecule has 96 valence electrons. The first-order chi connectivity index (χ1) is 7.68. The molecule has 1 aromatic carbocycles. The maximum atomic E-state index is 6.10. The molecule has 2 N–H and O–H groups in total. The van der Waals surface area contributed by atoms with Gasteiger partial charge in [-0.15, -0.1) is 12.4 Å². The van der Waals surface area contributed by atoms with Crippen LogP contribution in [0.15, 0.2) is 30.3 Å². The minimum atomic E-state index is 0. The van der Waals surface area contributed by atoms with E-state index in [9.17, 15) is 0 Å². The van der Waals surface area contributed by atoms with Gasteiger partial charge in [0, 0.05) is 24.7 Å². The molecule has 0 bridgehead atoms. The van der Waals surface area contributed by atoms with E-state index in [1.54, 1.807) is 0 Å². The first kappa shape index (κ1) is 14.5. The highest BCUT2D eigenvalue weighted by atomic mass is 35.5. The van der Waals surface area contributed by atoms with Gasteiger partial charge in [-0.25, -0.2) is 0 Å². The van der Waals surface area contributed by atoms with Gasteiger partial charge in [-0.05, 0) is 32.3 Å². The fourth-order valence-corrected chi connectivity index (χ4v) is 2.63. The second kappa shape index (κ2) is 6.39. The first-order valence-electron chi connectivity index (χ1n) is 6.24. The molecule has 1 saturated heterocycles. The molecule has 1 fully saturated rings. The normalized spacial score (nSPS) is 25.6. The van der Waals surface area contributed by atoms with E-state index >= 15 is 0 Å². The summed E-state index contributed by atoms with van der Waals surface area (Å²) in [6.07, 6.45) is 2.21. The first-order valence-corrected chi connectivity index (χ1v) is 6.24. The van der Waals surface area contributed by atoms with Gasteiger partial charge in [-0.3, -0.25) is 4.90 Å². The highest BCUT2D eigenvalue weighted by molar-refractivity contribution is 5.85. The maximum Gasteiger partial charge on any atom is 0.0365 e. The summed E-state index contributed by atoms with van der Waals surface area (Å²) in [6, 6.07) is 12.2. The fraction of sp³-hybridized carbons (Fsp3) is 0.571. The SMILES string of the molecule is CC(C)N1CCC(N)CC1c1ccccc1.Cl. The number of halogens is 1. The van der Waals surface area contributed by atoms with Crippen LogP contribution < -0.4 is 5.73 Å². The largest absolute Gasteiger partial charge is 0.328 e. The van der Waals surface area contributed by atoms with Crippen molar-refractivity contribution < 1.29 is 0 Å². The van der Waals surface area contributed by atoms with Crippen LogP contribution in [0.5, 0.6) is 0 Å². The summed E-state index contributed by atoms with van der Waals surface area (Å²) in [4.78, 5) is 2.57. The van der Waals surface area contributed by atoms with Gasteiger partial charge in [-0.1, -0.05) is 30.3 Å². The number of benzene rings is 1. The highest BCUT2D eigenvalue weighted by Crippen LogP contribution is 2.31. The summed E-state index contributed by atoms with van der Waals surface area (Å²) in [6.45, 7) is 5.66. The molecule has 1 aromatic rings. The topological polar surface area (TPSA) is 29.3 Å². The van der Waals surface area contributed by atoms with Crippen molar-refractivity contribution in [1.29, 1.82) is 0 Å². The van der Waals surface area contributed by atoms with Crippen molar-refractivity contribution in [3.05, 3.63) is 35.9 Å². The van der Waals surface area contributed by atoms with Crippen LogP contribution in [0.2, 0.25) is 0 Å². The van der Waals surface area contributed by atoms with Gasteiger partial charge in [0.25, 0.3) is 0 Å². The molecule has 0 spiro atoms. The Hall–Kier alpha value is -0.570. The molecule has 1 aliphatic heterocycles. The van der Waals surface area contributed by atoms with Crippen molar-refractivity contribution in [2.45, 2.75) is 44.8 Å². The van der Waals surface area contributed by atoms with E-state index in [0.29, 0.717) is 18.1 Å². The molecular weight excluding hydrogens is 232 g/mol. The zero-order valence-electron chi connectivity index (χ0n) is 10.7. The predicted octanol–water partition coefficient (Wildman–Crippen LogP) is 2.98. The Morgan fingerprint density at radius 1 is 1.24 bits per heavy atom. The number of piperidine rings is 1. The highest BCUT2D eigenvalue weighted by Gasteiger charge is 2.29. The van der Waals surface area contributed by atoms with Crippen molar-refractivity contribution in [2.24, 2.45) is 5.73 Å². The lowest BCUT2D eigenvalue weighted by atomic mass is 9.91. The van der Waals surface area contributed by atoms with Gasteiger partial charge in [0.05, 0.1) is 0 Å². The van der Waals surface area contributed by atoms with Crippen LogP contribution in [0.1, 0.15) is 38.3 Å². The molecule has 0 aromatic heterocycles. The molecule has 0 saturated carbocycles. The molecule has 1 heterocycles. The quantitative estimate of drug-likeness (QED) is 0.879. The predicted molar refractivity (Wildman–Crippen MR) is 75.5 cm³/mol.